The third kappa shape index (κ3) is 4.62. The zero-order valence-electron chi connectivity index (χ0n) is 15.5. The molecule has 3 rings (SSSR count). The number of aryl methyl sites for hydroxylation is 1. The summed E-state index contributed by atoms with van der Waals surface area (Å²) >= 11 is 0. The summed E-state index contributed by atoms with van der Waals surface area (Å²) in [6, 6.07) is 13.9. The molecule has 2 aromatic carbocycles. The Hall–Kier alpha value is -3.48. The van der Waals surface area contributed by atoms with E-state index in [9.17, 15) is 14.4 Å². The number of fused-ring (bicyclic) bond motifs is 1. The second-order valence-electron chi connectivity index (χ2n) is 6.13. The molecule has 0 N–H and O–H groups in total. The van der Waals surface area contributed by atoms with Gasteiger partial charge in [-0.05, 0) is 31.2 Å². The third-order valence-electron chi connectivity index (χ3n) is 4.16. The van der Waals surface area contributed by atoms with Crippen molar-refractivity contribution >= 4 is 22.7 Å². The summed E-state index contributed by atoms with van der Waals surface area (Å²) in [7, 11) is 0. The standard InChI is InChI=1S/C21H20N2O5/c1-15(24)16-6-3-5-9-19(16)27-12-13-28-20(25)10-11-23-14-22-18-8-4-2-7-17(18)21(23)26/h2-9,14H,10-13H2,1H3. The van der Waals surface area contributed by atoms with Gasteiger partial charge in [0, 0.05) is 6.54 Å². The first kappa shape index (κ1) is 19.3. The van der Waals surface area contributed by atoms with Gasteiger partial charge in [-0.2, -0.15) is 0 Å². The van der Waals surface area contributed by atoms with Crippen molar-refractivity contribution in [3.05, 3.63) is 70.8 Å². The Balaban J connectivity index is 1.47. The Kier molecular flexibility index (Phi) is 6.16. The molecule has 1 aromatic heterocycles. The number of ether oxygens (including phenoxy) is 2. The molecule has 28 heavy (non-hydrogen) atoms. The fourth-order valence-corrected chi connectivity index (χ4v) is 2.74. The summed E-state index contributed by atoms with van der Waals surface area (Å²) in [5.74, 6) is -0.0783. The lowest BCUT2D eigenvalue weighted by molar-refractivity contribution is -0.144. The Morgan fingerprint density at radius 3 is 2.61 bits per heavy atom. The number of Topliss-reactive ketones (excluding diaryl/α,β-unsaturated/α-hetero) is 1. The topological polar surface area (TPSA) is 87.5 Å². The Morgan fingerprint density at radius 2 is 1.79 bits per heavy atom. The number of nitrogens with zero attached hydrogens (tertiary/aromatic N) is 2. The van der Waals surface area contributed by atoms with Gasteiger partial charge in [-0.25, -0.2) is 4.98 Å². The monoisotopic (exact) mass is 380 g/mol. The van der Waals surface area contributed by atoms with E-state index in [4.69, 9.17) is 9.47 Å². The van der Waals surface area contributed by atoms with Gasteiger partial charge in [0.15, 0.2) is 5.78 Å². The highest BCUT2D eigenvalue weighted by molar-refractivity contribution is 5.96. The van der Waals surface area contributed by atoms with Gasteiger partial charge in [0.25, 0.3) is 5.56 Å². The molecule has 0 spiro atoms. The van der Waals surface area contributed by atoms with Gasteiger partial charge in [-0.15, -0.1) is 0 Å². The molecule has 0 aliphatic heterocycles. The van der Waals surface area contributed by atoms with Crippen LogP contribution in [-0.4, -0.2) is 34.5 Å². The van der Waals surface area contributed by atoms with E-state index in [1.807, 2.05) is 6.07 Å². The molecule has 0 bridgehead atoms. The third-order valence-corrected chi connectivity index (χ3v) is 4.16. The minimum absolute atomic E-state index is 0.0456. The van der Waals surface area contributed by atoms with Crippen LogP contribution in [0.4, 0.5) is 0 Å². The maximum atomic E-state index is 12.4. The molecule has 7 nitrogen and oxygen atoms in total. The number of hydrogen-bond donors (Lipinski definition) is 0. The van der Waals surface area contributed by atoms with Crippen molar-refractivity contribution < 1.29 is 19.1 Å². The minimum atomic E-state index is -0.441. The molecule has 0 unspecified atom stereocenters. The summed E-state index contributed by atoms with van der Waals surface area (Å²) in [5.41, 5.74) is 0.911. The number of para-hydroxylation sites is 2. The Bertz CT molecular complexity index is 1060. The zero-order valence-corrected chi connectivity index (χ0v) is 15.5. The summed E-state index contributed by atoms with van der Waals surface area (Å²) in [4.78, 5) is 40.0. The van der Waals surface area contributed by atoms with Gasteiger partial charge in [-0.3, -0.25) is 19.0 Å². The van der Waals surface area contributed by atoms with Crippen LogP contribution in [0.2, 0.25) is 0 Å². The number of benzene rings is 2. The molecule has 7 heteroatoms. The summed E-state index contributed by atoms with van der Waals surface area (Å²) < 4.78 is 12.0. The fourth-order valence-electron chi connectivity index (χ4n) is 2.74. The molecule has 0 saturated heterocycles. The van der Waals surface area contributed by atoms with Crippen LogP contribution in [0, 0.1) is 0 Å². The van der Waals surface area contributed by atoms with Gasteiger partial charge >= 0.3 is 5.97 Å². The first-order valence-corrected chi connectivity index (χ1v) is 8.89. The van der Waals surface area contributed by atoms with Gasteiger partial charge in [-0.1, -0.05) is 24.3 Å². The second-order valence-corrected chi connectivity index (χ2v) is 6.13. The largest absolute Gasteiger partial charge is 0.489 e. The lowest BCUT2D eigenvalue weighted by Crippen LogP contribution is -2.23. The van der Waals surface area contributed by atoms with E-state index >= 15 is 0 Å². The van der Waals surface area contributed by atoms with E-state index in [0.717, 1.165) is 0 Å². The molecule has 0 fully saturated rings. The highest BCUT2D eigenvalue weighted by Gasteiger charge is 2.09. The van der Waals surface area contributed by atoms with Crippen LogP contribution in [0.1, 0.15) is 23.7 Å². The van der Waals surface area contributed by atoms with E-state index in [1.54, 1.807) is 42.5 Å². The molecular weight excluding hydrogens is 360 g/mol. The summed E-state index contributed by atoms with van der Waals surface area (Å²) in [5, 5.41) is 0.510. The summed E-state index contributed by atoms with van der Waals surface area (Å²) in [6.07, 6.45) is 1.48. The quantitative estimate of drug-likeness (QED) is 0.339. The molecule has 0 atom stereocenters. The number of carbonyl (C=O) groups is 2. The van der Waals surface area contributed by atoms with Crippen LogP contribution in [0.3, 0.4) is 0 Å². The molecule has 0 aliphatic rings. The maximum Gasteiger partial charge on any atom is 0.307 e. The molecule has 0 saturated carbocycles. The van der Waals surface area contributed by atoms with Crippen molar-refractivity contribution in [2.75, 3.05) is 13.2 Å². The number of esters is 1. The summed E-state index contributed by atoms with van der Waals surface area (Å²) in [6.45, 7) is 1.83. The molecule has 0 aliphatic carbocycles. The van der Waals surface area contributed by atoms with Crippen molar-refractivity contribution in [1.82, 2.24) is 9.55 Å². The highest BCUT2D eigenvalue weighted by atomic mass is 16.6. The number of carbonyl (C=O) groups excluding carboxylic acids is 2. The van der Waals surface area contributed by atoms with Crippen molar-refractivity contribution in [3.8, 4) is 5.75 Å². The van der Waals surface area contributed by atoms with Crippen LogP contribution in [0.15, 0.2) is 59.7 Å². The van der Waals surface area contributed by atoms with E-state index in [0.29, 0.717) is 22.2 Å². The van der Waals surface area contributed by atoms with Crippen LogP contribution < -0.4 is 10.3 Å². The van der Waals surface area contributed by atoms with Crippen molar-refractivity contribution in [3.63, 3.8) is 0 Å². The van der Waals surface area contributed by atoms with Crippen molar-refractivity contribution in [2.45, 2.75) is 19.9 Å². The lowest BCUT2D eigenvalue weighted by Gasteiger charge is -2.10. The smallest absolute Gasteiger partial charge is 0.307 e. The Labute approximate surface area is 161 Å². The normalized spacial score (nSPS) is 10.6. The molecule has 0 amide bonds. The highest BCUT2D eigenvalue weighted by Crippen LogP contribution is 2.18. The van der Waals surface area contributed by atoms with Crippen LogP contribution in [0.5, 0.6) is 5.75 Å². The van der Waals surface area contributed by atoms with E-state index in [-0.39, 0.29) is 37.5 Å². The first-order chi connectivity index (χ1) is 13.6. The van der Waals surface area contributed by atoms with Gasteiger partial charge in [0.2, 0.25) is 0 Å². The SMILES string of the molecule is CC(=O)c1ccccc1OCCOC(=O)CCn1cnc2ccccc2c1=O. The van der Waals surface area contributed by atoms with Gasteiger partial charge in [0.05, 0.1) is 29.2 Å². The maximum absolute atomic E-state index is 12.4. The molecule has 144 valence electrons. The van der Waals surface area contributed by atoms with Crippen molar-refractivity contribution in [1.29, 1.82) is 0 Å². The minimum Gasteiger partial charge on any atom is -0.489 e. The molecule has 1 heterocycles. The number of rotatable bonds is 8. The lowest BCUT2D eigenvalue weighted by atomic mass is 10.1. The predicted octanol–water partition coefficient (Wildman–Crippen LogP) is 2.61. The van der Waals surface area contributed by atoms with Crippen LogP contribution >= 0.6 is 0 Å². The number of hydrogen-bond acceptors (Lipinski definition) is 6. The fraction of sp³-hybridized carbons (Fsp3) is 0.238. The van der Waals surface area contributed by atoms with E-state index < -0.39 is 5.97 Å². The molecule has 0 radical (unpaired) electrons. The van der Waals surface area contributed by atoms with Crippen LogP contribution in [-0.2, 0) is 16.1 Å². The van der Waals surface area contributed by atoms with Gasteiger partial charge < -0.3 is 9.47 Å². The van der Waals surface area contributed by atoms with E-state index in [1.165, 1.54) is 17.8 Å². The number of aromatic nitrogens is 2. The van der Waals surface area contributed by atoms with Gasteiger partial charge in [0.1, 0.15) is 19.0 Å². The molecular formula is C21H20N2O5. The van der Waals surface area contributed by atoms with Crippen LogP contribution in [0.25, 0.3) is 10.9 Å². The van der Waals surface area contributed by atoms with E-state index in [2.05, 4.69) is 4.98 Å². The van der Waals surface area contributed by atoms with Crippen molar-refractivity contribution in [2.24, 2.45) is 0 Å². The average molecular weight is 380 g/mol. The predicted molar refractivity (Wildman–Crippen MR) is 104 cm³/mol. The second kappa shape index (κ2) is 8.94. The average Bonchev–Trinajstić information content (AvgIpc) is 2.71. The zero-order chi connectivity index (χ0) is 19.9. The first-order valence-electron chi connectivity index (χ1n) is 8.89. The Morgan fingerprint density at radius 1 is 1.04 bits per heavy atom. The molecule has 3 aromatic rings. The number of ketones is 1.